The summed E-state index contributed by atoms with van der Waals surface area (Å²) in [5.41, 5.74) is 11.0. The van der Waals surface area contributed by atoms with Crippen molar-refractivity contribution in [2.45, 2.75) is 19.3 Å². The zero-order chi connectivity index (χ0) is 46.1. The molecule has 6 aromatic rings. The van der Waals surface area contributed by atoms with E-state index in [0.717, 1.165) is 77.7 Å². The van der Waals surface area contributed by atoms with E-state index >= 15 is 0 Å². The molecule has 10 rings (SSSR count). The van der Waals surface area contributed by atoms with Gasteiger partial charge in [-0.05, 0) is 110 Å². The van der Waals surface area contributed by atoms with Crippen molar-refractivity contribution < 1.29 is 23.0 Å². The number of ether oxygens (including phenoxy) is 2. The van der Waals surface area contributed by atoms with E-state index in [1.807, 2.05) is 12.1 Å². The summed E-state index contributed by atoms with van der Waals surface area (Å²) in [5.74, 6) is 5.40. The van der Waals surface area contributed by atoms with Crippen molar-refractivity contribution in [2.24, 2.45) is 35.5 Å². The van der Waals surface area contributed by atoms with Crippen molar-refractivity contribution in [1.29, 1.82) is 0 Å². The first-order valence-corrected chi connectivity index (χ1v) is 23.4. The number of aromatic nitrogens is 4. The van der Waals surface area contributed by atoms with Crippen molar-refractivity contribution in [3.05, 3.63) is 118 Å². The summed E-state index contributed by atoms with van der Waals surface area (Å²) < 4.78 is 39.2. The van der Waals surface area contributed by atoms with Gasteiger partial charge in [-0.25, -0.2) is 28.7 Å². The number of nitrogens with two attached hydrogens (primary N) is 1. The zero-order valence-corrected chi connectivity index (χ0v) is 38.8. The van der Waals surface area contributed by atoms with Gasteiger partial charge < -0.3 is 35.6 Å². The normalized spacial score (nSPS) is 21.9. The van der Waals surface area contributed by atoms with Gasteiger partial charge in [0.05, 0.1) is 51.4 Å². The molecule has 12 nitrogen and oxygen atoms in total. The van der Waals surface area contributed by atoms with Crippen molar-refractivity contribution in [1.82, 2.24) is 29.7 Å². The fourth-order valence-corrected chi connectivity index (χ4v) is 10.4. The van der Waals surface area contributed by atoms with Gasteiger partial charge in [-0.3, -0.25) is 4.79 Å². The number of nitrogens with one attached hydrogen (secondary N) is 2. The predicted octanol–water partition coefficient (Wildman–Crippen LogP) is 9.65. The first kappa shape index (κ1) is 45.8. The van der Waals surface area contributed by atoms with Gasteiger partial charge >= 0.3 is 0 Å². The number of nitrogens with zero attached hydrogens (tertiary/aromatic N) is 6. The number of halogens is 5. The number of hydrogen-bond acceptors (Lipinski definition) is 11. The second-order valence-electron chi connectivity index (χ2n) is 17.7. The minimum Gasteiger partial charge on any atom is -0.491 e. The van der Waals surface area contributed by atoms with Gasteiger partial charge in [0.15, 0.2) is 0 Å². The number of likely N-dealkylation sites (tertiary alicyclic amines) is 2. The number of hydrogen-bond donors (Lipinski definition) is 3. The van der Waals surface area contributed by atoms with E-state index in [4.69, 9.17) is 50.0 Å². The van der Waals surface area contributed by atoms with Gasteiger partial charge in [0, 0.05) is 73.1 Å². The molecule has 4 fully saturated rings. The number of nitrogen functional groups attached to an aromatic ring is 1. The maximum atomic E-state index is 13.6. The van der Waals surface area contributed by atoms with E-state index in [0.29, 0.717) is 70.8 Å². The average Bonchev–Trinajstić information content (AvgIpc) is 3.97. The molecule has 4 aliphatic rings. The number of anilines is 4. The van der Waals surface area contributed by atoms with Gasteiger partial charge in [0.1, 0.15) is 41.6 Å². The van der Waals surface area contributed by atoms with Crippen LogP contribution in [0.15, 0.2) is 85.5 Å². The zero-order valence-electron chi connectivity index (χ0n) is 36.5. The number of rotatable bonds is 15. The molecule has 2 aromatic heterocycles. The van der Waals surface area contributed by atoms with Crippen LogP contribution in [0.2, 0.25) is 10.0 Å². The third-order valence-corrected chi connectivity index (χ3v) is 14.0. The highest BCUT2D eigenvalue weighted by atomic mass is 35.5. The summed E-state index contributed by atoms with van der Waals surface area (Å²) in [6.45, 7) is 5.97. The summed E-state index contributed by atoms with van der Waals surface area (Å²) in [6.07, 6.45) is 8.47. The lowest BCUT2D eigenvalue weighted by Crippen LogP contribution is -2.19. The third kappa shape index (κ3) is 10.4. The summed E-state index contributed by atoms with van der Waals surface area (Å²) >= 11 is 17.5. The minimum atomic E-state index is -0.506. The van der Waals surface area contributed by atoms with Crippen molar-refractivity contribution in [3.8, 4) is 11.5 Å². The molecule has 4 heterocycles. The number of fused-ring (bicyclic) bond motifs is 4. The molecular formula is C49H50Cl3F2N9O3. The quantitative estimate of drug-likeness (QED) is 0.0515. The number of piperidine rings is 2. The molecule has 0 bridgehead atoms. The molecule has 2 saturated carbocycles. The summed E-state index contributed by atoms with van der Waals surface area (Å²) in [6, 6.07) is 16.3. The number of carbonyl (C=O) groups excluding carboxylic acids is 1. The molecule has 66 heavy (non-hydrogen) atoms. The second-order valence-corrected chi connectivity index (χ2v) is 18.9. The van der Waals surface area contributed by atoms with Crippen molar-refractivity contribution >= 4 is 85.4 Å². The minimum absolute atomic E-state index is 0.000438. The standard InChI is InChI=1S/C26H26Cl2FN5O2.C23H24ClFN4O/c1-34-12-18-16(19(18)13-34)6-8-36-24-11-22-17(10-23(24)33-25(35)3-2-7-27)26(31-14-30-22)32-15-4-5-21(29)20(28)9-15;1-29-10-16-14(17(16)11-29)4-5-30-23-9-22-15(8-20(23)26)21(27-12-28-22)7-13-2-3-19(25)18(24)6-13/h2-5,9-11,14,16,18-19H,6-8,12-13H2,1H3,(H,33,35)(H,30,31,32);2-3,6,8-9,12,14,16-17H,4-5,7,10-11,26H2,1H3/b3-2+;. The largest absolute Gasteiger partial charge is 0.491 e. The van der Waals surface area contributed by atoms with Gasteiger partial charge in [0.25, 0.3) is 0 Å². The third-order valence-electron chi connectivity index (χ3n) is 13.3. The van der Waals surface area contributed by atoms with Crippen LogP contribution >= 0.6 is 34.8 Å². The maximum Gasteiger partial charge on any atom is 0.248 e. The molecule has 17 heteroatoms. The molecule has 2 aliphatic carbocycles. The predicted molar refractivity (Wildman–Crippen MR) is 257 cm³/mol. The van der Waals surface area contributed by atoms with Crippen LogP contribution in [0.3, 0.4) is 0 Å². The Labute approximate surface area is 396 Å². The lowest BCUT2D eigenvalue weighted by molar-refractivity contribution is -0.111. The number of allylic oxidation sites excluding steroid dienone is 1. The fourth-order valence-electron chi connectivity index (χ4n) is 9.89. The summed E-state index contributed by atoms with van der Waals surface area (Å²) in [5, 5.41) is 7.65. The van der Waals surface area contributed by atoms with E-state index < -0.39 is 11.6 Å². The number of carbonyl (C=O) groups is 1. The Bertz CT molecular complexity index is 2780. The summed E-state index contributed by atoms with van der Waals surface area (Å²) in [4.78, 5) is 34.8. The van der Waals surface area contributed by atoms with Crippen LogP contribution in [0.25, 0.3) is 21.8 Å². The van der Waals surface area contributed by atoms with E-state index in [-0.39, 0.29) is 21.8 Å². The molecule has 0 spiro atoms. The first-order valence-electron chi connectivity index (χ1n) is 22.1. The molecule has 344 valence electrons. The second kappa shape index (κ2) is 19.8. The highest BCUT2D eigenvalue weighted by molar-refractivity contribution is 6.31. The molecule has 1 amide bonds. The smallest absolute Gasteiger partial charge is 0.248 e. The van der Waals surface area contributed by atoms with Gasteiger partial charge in [-0.1, -0.05) is 35.3 Å². The molecule has 2 aliphatic heterocycles. The van der Waals surface area contributed by atoms with E-state index in [1.165, 1.54) is 50.0 Å². The van der Waals surface area contributed by atoms with Crippen LogP contribution < -0.4 is 25.8 Å². The number of benzene rings is 4. The van der Waals surface area contributed by atoms with Crippen molar-refractivity contribution in [2.75, 3.05) is 75.7 Å². The van der Waals surface area contributed by atoms with Crippen LogP contribution in [0.5, 0.6) is 11.5 Å². The van der Waals surface area contributed by atoms with E-state index in [2.05, 4.69) is 54.5 Å². The van der Waals surface area contributed by atoms with Crippen LogP contribution in [0, 0.1) is 47.1 Å². The first-order chi connectivity index (χ1) is 31.9. The van der Waals surface area contributed by atoms with Crippen LogP contribution in [-0.2, 0) is 11.2 Å². The van der Waals surface area contributed by atoms with Crippen LogP contribution in [-0.4, -0.2) is 95.0 Å². The van der Waals surface area contributed by atoms with Crippen molar-refractivity contribution in [3.63, 3.8) is 0 Å². The Balaban J connectivity index is 0.000000169. The molecule has 0 radical (unpaired) electrons. The number of alkyl halides is 1. The summed E-state index contributed by atoms with van der Waals surface area (Å²) in [7, 11) is 4.36. The lowest BCUT2D eigenvalue weighted by atomic mass is 10.0. The Kier molecular flexibility index (Phi) is 13.8. The highest BCUT2D eigenvalue weighted by Gasteiger charge is 2.54. The average molecular weight is 957 g/mol. The molecular weight excluding hydrogens is 907 g/mol. The molecule has 4 N–H and O–H groups in total. The molecule has 4 unspecified atom stereocenters. The molecule has 2 saturated heterocycles. The van der Waals surface area contributed by atoms with Crippen LogP contribution in [0.1, 0.15) is 24.1 Å². The maximum absolute atomic E-state index is 13.6. The fraction of sp³-hybridized carbons (Fsp3) is 0.367. The van der Waals surface area contributed by atoms with Gasteiger partial charge in [-0.2, -0.15) is 0 Å². The van der Waals surface area contributed by atoms with Gasteiger partial charge in [0.2, 0.25) is 5.91 Å². The topological polar surface area (TPSA) is 144 Å². The molecule has 4 aromatic carbocycles. The Morgan fingerprint density at radius 3 is 2.00 bits per heavy atom. The van der Waals surface area contributed by atoms with Gasteiger partial charge in [-0.15, -0.1) is 11.6 Å². The Hall–Kier alpha value is -5.38. The Morgan fingerprint density at radius 1 is 0.773 bits per heavy atom. The SMILES string of the molecule is CN1CC2C(CCOc3cc4ncnc(Cc5ccc(F)c(Cl)c5)c4cc3N)C2C1.CN1CC2C(CCOc3cc4ncnc(Nc5ccc(F)c(Cl)c5)c4cc3NC(=O)/C=C/CCl)C2C1. The highest BCUT2D eigenvalue weighted by Crippen LogP contribution is 2.54. The monoisotopic (exact) mass is 955 g/mol. The molecule has 4 atom stereocenters. The lowest BCUT2D eigenvalue weighted by Gasteiger charge is -2.16. The van der Waals surface area contributed by atoms with E-state index in [9.17, 15) is 13.6 Å². The van der Waals surface area contributed by atoms with Crippen LogP contribution in [0.4, 0.5) is 31.7 Å². The number of amides is 1. The Morgan fingerprint density at radius 2 is 1.36 bits per heavy atom. The van der Waals surface area contributed by atoms with E-state index in [1.54, 1.807) is 36.4 Å².